The zero-order chi connectivity index (χ0) is 19.1. The van der Waals surface area contributed by atoms with Gasteiger partial charge in [0.2, 0.25) is 11.7 Å². The molecular formula is C17H9ClN4O5. The minimum Gasteiger partial charge on any atom is -0.337 e. The minimum atomic E-state index is -0.773. The van der Waals surface area contributed by atoms with Crippen molar-refractivity contribution in [3.05, 3.63) is 74.6 Å². The van der Waals surface area contributed by atoms with Crippen molar-refractivity contribution < 1.29 is 19.0 Å². The monoisotopic (exact) mass is 384 g/mol. The van der Waals surface area contributed by atoms with Gasteiger partial charge in [0.15, 0.2) is 0 Å². The topological polar surface area (TPSA) is 119 Å². The average molecular weight is 385 g/mol. The lowest BCUT2D eigenvalue weighted by Gasteiger charge is -2.09. The van der Waals surface area contributed by atoms with Crippen molar-refractivity contribution >= 4 is 29.1 Å². The van der Waals surface area contributed by atoms with Crippen LogP contribution in [-0.2, 0) is 6.54 Å². The maximum atomic E-state index is 12.6. The molecule has 0 radical (unpaired) electrons. The van der Waals surface area contributed by atoms with Gasteiger partial charge in [0.25, 0.3) is 17.5 Å². The van der Waals surface area contributed by atoms with E-state index in [1.54, 1.807) is 24.3 Å². The molecule has 0 spiro atoms. The number of imide groups is 1. The molecule has 27 heavy (non-hydrogen) atoms. The predicted octanol–water partition coefficient (Wildman–Crippen LogP) is 3.09. The Hall–Kier alpha value is -3.59. The summed E-state index contributed by atoms with van der Waals surface area (Å²) in [5.41, 5.74) is -0.0696. The maximum Gasteiger partial charge on any atom is 0.282 e. The normalized spacial score (nSPS) is 13.1. The maximum absolute atomic E-state index is 12.6. The van der Waals surface area contributed by atoms with Gasteiger partial charge in [0.1, 0.15) is 12.1 Å². The largest absolute Gasteiger partial charge is 0.337 e. The SMILES string of the molecule is O=C1c2cccc([N+](=O)[O-])c2C(=O)N1Cc1nc(-c2cccc(Cl)c2)no1. The molecule has 134 valence electrons. The molecule has 0 unspecified atom stereocenters. The first-order chi connectivity index (χ1) is 13.0. The average Bonchev–Trinajstić information content (AvgIpc) is 3.21. The van der Waals surface area contributed by atoms with Gasteiger partial charge in [-0.15, -0.1) is 0 Å². The fraction of sp³-hybridized carbons (Fsp3) is 0.0588. The van der Waals surface area contributed by atoms with Crippen LogP contribution in [0.4, 0.5) is 5.69 Å². The summed E-state index contributed by atoms with van der Waals surface area (Å²) < 4.78 is 5.11. The van der Waals surface area contributed by atoms with Gasteiger partial charge in [-0.1, -0.05) is 35.0 Å². The van der Waals surface area contributed by atoms with Gasteiger partial charge < -0.3 is 4.52 Å². The molecule has 0 saturated carbocycles. The Labute approximate surface area is 156 Å². The third-order valence-electron chi connectivity index (χ3n) is 4.02. The highest BCUT2D eigenvalue weighted by Gasteiger charge is 2.41. The summed E-state index contributed by atoms with van der Waals surface area (Å²) in [7, 11) is 0. The van der Waals surface area contributed by atoms with Gasteiger partial charge in [-0.3, -0.25) is 24.6 Å². The molecule has 3 aromatic rings. The second-order valence-electron chi connectivity index (χ2n) is 5.68. The number of rotatable bonds is 4. The number of amides is 2. The van der Waals surface area contributed by atoms with Gasteiger partial charge in [0, 0.05) is 16.7 Å². The van der Waals surface area contributed by atoms with Crippen LogP contribution >= 0.6 is 11.6 Å². The molecule has 2 amide bonds. The van der Waals surface area contributed by atoms with E-state index >= 15 is 0 Å². The third-order valence-corrected chi connectivity index (χ3v) is 4.25. The third kappa shape index (κ3) is 2.83. The van der Waals surface area contributed by atoms with E-state index in [0.29, 0.717) is 10.6 Å². The molecule has 2 aromatic carbocycles. The number of carbonyl (C=O) groups excluding carboxylic acids is 2. The quantitative estimate of drug-likeness (QED) is 0.385. The molecular weight excluding hydrogens is 376 g/mol. The number of halogens is 1. The van der Waals surface area contributed by atoms with Crippen molar-refractivity contribution in [3.8, 4) is 11.4 Å². The number of benzene rings is 2. The van der Waals surface area contributed by atoms with Crippen molar-refractivity contribution in [3.63, 3.8) is 0 Å². The van der Waals surface area contributed by atoms with Crippen LogP contribution in [0.15, 0.2) is 47.0 Å². The highest BCUT2D eigenvalue weighted by Crippen LogP contribution is 2.31. The number of carbonyl (C=O) groups is 2. The summed E-state index contributed by atoms with van der Waals surface area (Å²) in [5, 5.41) is 15.4. The van der Waals surface area contributed by atoms with Crippen LogP contribution in [0.1, 0.15) is 26.6 Å². The molecule has 0 bridgehead atoms. The lowest BCUT2D eigenvalue weighted by molar-refractivity contribution is -0.385. The van der Waals surface area contributed by atoms with E-state index < -0.39 is 22.4 Å². The van der Waals surface area contributed by atoms with Crippen LogP contribution in [0.2, 0.25) is 5.02 Å². The Kier molecular flexibility index (Phi) is 3.93. The second-order valence-corrected chi connectivity index (χ2v) is 6.11. The first kappa shape index (κ1) is 16.9. The first-order valence-electron chi connectivity index (χ1n) is 7.68. The van der Waals surface area contributed by atoms with Crippen LogP contribution in [0.5, 0.6) is 0 Å². The molecule has 4 rings (SSSR count). The van der Waals surface area contributed by atoms with E-state index in [4.69, 9.17) is 16.1 Å². The smallest absolute Gasteiger partial charge is 0.282 e. The van der Waals surface area contributed by atoms with Crippen LogP contribution in [-0.4, -0.2) is 31.8 Å². The number of hydrogen-bond donors (Lipinski definition) is 0. The van der Waals surface area contributed by atoms with Gasteiger partial charge in [0.05, 0.1) is 10.5 Å². The number of nitro groups is 1. The fourth-order valence-corrected chi connectivity index (χ4v) is 3.00. The van der Waals surface area contributed by atoms with Crippen molar-refractivity contribution in [2.45, 2.75) is 6.54 Å². The minimum absolute atomic E-state index is 0.0159. The van der Waals surface area contributed by atoms with Crippen LogP contribution in [0.3, 0.4) is 0 Å². The summed E-state index contributed by atoms with van der Waals surface area (Å²) in [5.74, 6) is -1.16. The molecule has 2 heterocycles. The van der Waals surface area contributed by atoms with Crippen LogP contribution in [0, 0.1) is 10.1 Å². The van der Waals surface area contributed by atoms with Gasteiger partial charge in [-0.25, -0.2) is 0 Å². The van der Waals surface area contributed by atoms with Crippen molar-refractivity contribution in [2.75, 3.05) is 0 Å². The Morgan fingerprint density at radius 3 is 2.67 bits per heavy atom. The zero-order valence-electron chi connectivity index (χ0n) is 13.5. The van der Waals surface area contributed by atoms with Crippen LogP contribution < -0.4 is 0 Å². The molecule has 0 aliphatic carbocycles. The highest BCUT2D eigenvalue weighted by atomic mass is 35.5. The molecule has 1 aromatic heterocycles. The van der Waals surface area contributed by atoms with Crippen molar-refractivity contribution in [1.82, 2.24) is 15.0 Å². The molecule has 0 atom stereocenters. The molecule has 1 aliphatic rings. The fourth-order valence-electron chi connectivity index (χ4n) is 2.81. The highest BCUT2D eigenvalue weighted by molar-refractivity contribution is 6.30. The molecule has 0 fully saturated rings. The summed E-state index contributed by atoms with van der Waals surface area (Å²) >= 11 is 5.93. The molecule has 10 heteroatoms. The van der Waals surface area contributed by atoms with E-state index in [-0.39, 0.29) is 29.4 Å². The second kappa shape index (κ2) is 6.29. The van der Waals surface area contributed by atoms with Crippen molar-refractivity contribution in [1.29, 1.82) is 0 Å². The zero-order valence-corrected chi connectivity index (χ0v) is 14.2. The summed E-state index contributed by atoms with van der Waals surface area (Å²) in [6.07, 6.45) is 0. The standard InChI is InChI=1S/C17H9ClN4O5/c18-10-4-1-3-9(7-10)15-19-13(27-20-15)8-21-16(23)11-5-2-6-12(22(25)26)14(11)17(21)24/h1-7H,8H2. The number of nitro benzene ring substituents is 1. The Morgan fingerprint density at radius 1 is 1.15 bits per heavy atom. The lowest BCUT2D eigenvalue weighted by Crippen LogP contribution is -2.29. The van der Waals surface area contributed by atoms with Gasteiger partial charge in [-0.05, 0) is 18.2 Å². The van der Waals surface area contributed by atoms with E-state index in [0.717, 1.165) is 4.90 Å². The Bertz CT molecular complexity index is 1110. The number of aromatic nitrogens is 2. The van der Waals surface area contributed by atoms with Gasteiger partial charge >= 0.3 is 0 Å². The lowest BCUT2D eigenvalue weighted by atomic mass is 10.1. The van der Waals surface area contributed by atoms with E-state index in [9.17, 15) is 19.7 Å². The first-order valence-corrected chi connectivity index (χ1v) is 8.05. The number of nitrogens with zero attached hydrogens (tertiary/aromatic N) is 4. The summed E-state index contributed by atoms with van der Waals surface area (Å²) in [4.78, 5) is 40.5. The summed E-state index contributed by atoms with van der Waals surface area (Å²) in [6.45, 7) is -0.295. The Morgan fingerprint density at radius 2 is 1.93 bits per heavy atom. The van der Waals surface area contributed by atoms with E-state index in [1.807, 2.05) is 0 Å². The number of hydrogen-bond acceptors (Lipinski definition) is 7. The Balaban J connectivity index is 1.63. The van der Waals surface area contributed by atoms with E-state index in [2.05, 4.69) is 10.1 Å². The van der Waals surface area contributed by atoms with Gasteiger partial charge in [-0.2, -0.15) is 4.98 Å². The summed E-state index contributed by atoms with van der Waals surface area (Å²) in [6, 6.07) is 10.7. The van der Waals surface area contributed by atoms with E-state index in [1.165, 1.54) is 18.2 Å². The predicted molar refractivity (Wildman–Crippen MR) is 92.0 cm³/mol. The molecule has 1 aliphatic heterocycles. The number of fused-ring (bicyclic) bond motifs is 1. The van der Waals surface area contributed by atoms with Crippen LogP contribution in [0.25, 0.3) is 11.4 Å². The molecule has 9 nitrogen and oxygen atoms in total. The molecule has 0 N–H and O–H groups in total. The molecule has 0 saturated heterocycles. The van der Waals surface area contributed by atoms with Crippen molar-refractivity contribution in [2.24, 2.45) is 0 Å².